The number of carbonyl (C=O) groups excluding carboxylic acids is 2. The average molecular weight is 353 g/mol. The Morgan fingerprint density at radius 1 is 1.20 bits per heavy atom. The molecule has 1 atom stereocenters. The minimum absolute atomic E-state index is 0.0538. The lowest BCUT2D eigenvalue weighted by Crippen LogP contribution is -2.65. The summed E-state index contributed by atoms with van der Waals surface area (Å²) in [5.41, 5.74) is -3.17. The van der Waals surface area contributed by atoms with Crippen LogP contribution in [0.15, 0.2) is 30.3 Å². The van der Waals surface area contributed by atoms with Crippen LogP contribution in [0.1, 0.15) is 5.56 Å². The molecule has 1 amide bonds. The number of methoxy groups -OCH3 is 1. The lowest BCUT2D eigenvalue weighted by atomic mass is 9.97. The van der Waals surface area contributed by atoms with Crippen molar-refractivity contribution in [2.75, 3.05) is 13.7 Å². The Balaban J connectivity index is 3.21. The van der Waals surface area contributed by atoms with Gasteiger partial charge >= 0.3 is 23.8 Å². The molecule has 1 unspecified atom stereocenters. The van der Waals surface area contributed by atoms with Gasteiger partial charge in [-0.1, -0.05) is 42.2 Å². The van der Waals surface area contributed by atoms with Crippen LogP contribution in [0, 0.1) is 24.7 Å². The monoisotopic (exact) mass is 353 g/mol. The molecule has 0 spiro atoms. The highest BCUT2D eigenvalue weighted by molar-refractivity contribution is 5.90. The van der Waals surface area contributed by atoms with E-state index in [1.165, 1.54) is 5.92 Å². The SMILES string of the molecule is C#CCN(C(=O)OCc1ccccc1)C(C#C)(C(=O)OC)C(F)(F)F. The lowest BCUT2D eigenvalue weighted by molar-refractivity contribution is -0.217. The molecule has 8 heteroatoms. The first-order chi connectivity index (χ1) is 11.7. The van der Waals surface area contributed by atoms with Gasteiger partial charge in [0, 0.05) is 0 Å². The van der Waals surface area contributed by atoms with Gasteiger partial charge in [-0.25, -0.2) is 9.59 Å². The third-order valence-corrected chi connectivity index (χ3v) is 3.18. The highest BCUT2D eigenvalue weighted by Gasteiger charge is 2.66. The van der Waals surface area contributed by atoms with Crippen molar-refractivity contribution in [1.82, 2.24) is 4.90 Å². The molecular formula is C17H14F3NO4. The van der Waals surface area contributed by atoms with Crippen LogP contribution >= 0.6 is 0 Å². The third-order valence-electron chi connectivity index (χ3n) is 3.18. The van der Waals surface area contributed by atoms with Crippen molar-refractivity contribution in [3.8, 4) is 24.7 Å². The Morgan fingerprint density at radius 2 is 1.80 bits per heavy atom. The number of hydrogen-bond donors (Lipinski definition) is 0. The molecule has 5 nitrogen and oxygen atoms in total. The average Bonchev–Trinajstić information content (AvgIpc) is 2.59. The van der Waals surface area contributed by atoms with Gasteiger partial charge in [-0.05, 0) is 5.56 Å². The van der Waals surface area contributed by atoms with Crippen LogP contribution in [-0.4, -0.2) is 42.3 Å². The van der Waals surface area contributed by atoms with Crippen molar-refractivity contribution >= 4 is 12.1 Å². The first kappa shape index (κ1) is 19.9. The molecule has 0 heterocycles. The van der Waals surface area contributed by atoms with Crippen molar-refractivity contribution < 1.29 is 32.2 Å². The maximum atomic E-state index is 13.5. The molecule has 0 bridgehead atoms. The molecule has 0 aliphatic heterocycles. The van der Waals surface area contributed by atoms with Crippen molar-refractivity contribution in [2.45, 2.75) is 18.3 Å². The largest absolute Gasteiger partial charge is 0.466 e. The molecule has 1 aromatic carbocycles. The Hall–Kier alpha value is -3.13. The Morgan fingerprint density at radius 3 is 2.24 bits per heavy atom. The normalized spacial score (nSPS) is 12.9. The van der Waals surface area contributed by atoms with Crippen molar-refractivity contribution in [3.05, 3.63) is 35.9 Å². The summed E-state index contributed by atoms with van der Waals surface area (Å²) in [5.74, 6) is 1.29. The molecule has 25 heavy (non-hydrogen) atoms. The molecular weight excluding hydrogens is 339 g/mol. The predicted molar refractivity (Wildman–Crippen MR) is 81.8 cm³/mol. The van der Waals surface area contributed by atoms with Crippen LogP contribution in [0.5, 0.6) is 0 Å². The fourth-order valence-corrected chi connectivity index (χ4v) is 1.95. The minimum atomic E-state index is -5.34. The van der Waals surface area contributed by atoms with Gasteiger partial charge in [0.2, 0.25) is 0 Å². The van der Waals surface area contributed by atoms with E-state index in [-0.39, 0.29) is 11.5 Å². The zero-order chi connectivity index (χ0) is 19.1. The minimum Gasteiger partial charge on any atom is -0.466 e. The molecule has 1 rings (SSSR count). The van der Waals surface area contributed by atoms with E-state index in [4.69, 9.17) is 17.6 Å². The molecule has 0 aliphatic rings. The number of esters is 1. The number of halogens is 3. The number of carbonyl (C=O) groups is 2. The van der Waals surface area contributed by atoms with Crippen LogP contribution in [0.4, 0.5) is 18.0 Å². The van der Waals surface area contributed by atoms with E-state index in [1.54, 1.807) is 30.3 Å². The molecule has 0 saturated heterocycles. The molecule has 0 N–H and O–H groups in total. The Kier molecular flexibility index (Phi) is 6.46. The zero-order valence-corrected chi connectivity index (χ0v) is 13.2. The zero-order valence-electron chi connectivity index (χ0n) is 13.2. The van der Waals surface area contributed by atoms with Gasteiger partial charge in [0.25, 0.3) is 0 Å². The van der Waals surface area contributed by atoms with Crippen LogP contribution in [-0.2, 0) is 20.9 Å². The summed E-state index contributed by atoms with van der Waals surface area (Å²) in [6.07, 6.45) is 3.15. The van der Waals surface area contributed by atoms with E-state index in [1.807, 2.05) is 5.92 Å². The van der Waals surface area contributed by atoms with Crippen LogP contribution < -0.4 is 0 Å². The highest BCUT2D eigenvalue weighted by Crippen LogP contribution is 2.37. The number of amides is 1. The molecule has 0 radical (unpaired) electrons. The molecule has 0 aromatic heterocycles. The van der Waals surface area contributed by atoms with E-state index in [9.17, 15) is 22.8 Å². The lowest BCUT2D eigenvalue weighted by Gasteiger charge is -2.36. The topological polar surface area (TPSA) is 55.8 Å². The Bertz CT molecular complexity index is 703. The quantitative estimate of drug-likeness (QED) is 0.602. The van der Waals surface area contributed by atoms with Gasteiger partial charge < -0.3 is 9.47 Å². The van der Waals surface area contributed by atoms with E-state index >= 15 is 0 Å². The predicted octanol–water partition coefficient (Wildman–Crippen LogP) is 2.37. The van der Waals surface area contributed by atoms with Gasteiger partial charge in [0.05, 0.1) is 13.7 Å². The van der Waals surface area contributed by atoms with Crippen molar-refractivity contribution in [3.63, 3.8) is 0 Å². The Labute approximate surface area is 142 Å². The van der Waals surface area contributed by atoms with Gasteiger partial charge in [0.15, 0.2) is 0 Å². The summed E-state index contributed by atoms with van der Waals surface area (Å²) in [6, 6.07) is 8.20. The number of terminal acetylenes is 2. The van der Waals surface area contributed by atoms with E-state index < -0.39 is 30.3 Å². The summed E-state index contributed by atoms with van der Waals surface area (Å²) in [5, 5.41) is 0. The molecule has 132 valence electrons. The maximum absolute atomic E-state index is 13.5. The number of rotatable bonds is 5. The molecule has 1 aromatic rings. The van der Waals surface area contributed by atoms with Gasteiger partial charge in [-0.2, -0.15) is 13.2 Å². The fraction of sp³-hybridized carbons (Fsp3) is 0.294. The highest BCUT2D eigenvalue weighted by atomic mass is 19.4. The van der Waals surface area contributed by atoms with Crippen molar-refractivity contribution in [2.24, 2.45) is 0 Å². The van der Waals surface area contributed by atoms with Crippen LogP contribution in [0.2, 0.25) is 0 Å². The second kappa shape index (κ2) is 8.11. The smallest absolute Gasteiger partial charge is 0.434 e. The van der Waals surface area contributed by atoms with E-state index in [2.05, 4.69) is 4.74 Å². The maximum Gasteiger partial charge on any atom is 0.434 e. The summed E-state index contributed by atoms with van der Waals surface area (Å²) in [7, 11) is 0.712. The van der Waals surface area contributed by atoms with Crippen LogP contribution in [0.3, 0.4) is 0 Å². The van der Waals surface area contributed by atoms with Crippen LogP contribution in [0.25, 0.3) is 0 Å². The standard InChI is InChI=1S/C17H14F3NO4/c1-4-11-21(15(23)25-12-13-9-7-6-8-10-13)16(5-2,14(22)24-3)17(18,19)20/h1-2,6-10H,11-12H2,3H3. The van der Waals surface area contributed by atoms with Gasteiger partial charge in [-0.3, -0.25) is 4.90 Å². The molecule has 0 aliphatic carbocycles. The number of alkyl halides is 3. The number of benzene rings is 1. The number of nitrogens with zero attached hydrogens (tertiary/aromatic N) is 1. The molecule has 0 fully saturated rings. The second-order valence-electron chi connectivity index (χ2n) is 4.67. The van der Waals surface area contributed by atoms with Gasteiger partial charge in [-0.15, -0.1) is 12.8 Å². The summed E-state index contributed by atoms with van der Waals surface area (Å²) in [6.45, 7) is -1.24. The third kappa shape index (κ3) is 4.04. The summed E-state index contributed by atoms with van der Waals surface area (Å²) in [4.78, 5) is 23.9. The fourth-order valence-electron chi connectivity index (χ4n) is 1.95. The first-order valence-corrected chi connectivity index (χ1v) is 6.79. The number of hydrogen-bond acceptors (Lipinski definition) is 4. The number of ether oxygens (including phenoxy) is 2. The van der Waals surface area contributed by atoms with Gasteiger partial charge in [0.1, 0.15) is 6.61 Å². The van der Waals surface area contributed by atoms with E-state index in [0.717, 1.165) is 0 Å². The molecule has 0 saturated carbocycles. The first-order valence-electron chi connectivity index (χ1n) is 6.79. The van der Waals surface area contributed by atoms with E-state index in [0.29, 0.717) is 12.7 Å². The summed E-state index contributed by atoms with van der Waals surface area (Å²) < 4.78 is 49.6. The second-order valence-corrected chi connectivity index (χ2v) is 4.67. The van der Waals surface area contributed by atoms with Crippen molar-refractivity contribution in [1.29, 1.82) is 0 Å². The summed E-state index contributed by atoms with van der Waals surface area (Å²) >= 11 is 0.